The highest BCUT2D eigenvalue weighted by Gasteiger charge is 2.48. The Morgan fingerprint density at radius 1 is 1.00 bits per heavy atom. The van der Waals surface area contributed by atoms with Gasteiger partial charge < -0.3 is 4.90 Å². The third-order valence-electron chi connectivity index (χ3n) is 5.04. The molecule has 7 heteroatoms. The van der Waals surface area contributed by atoms with E-state index >= 15 is 0 Å². The number of rotatable bonds is 3. The molecule has 2 aliphatic rings. The zero-order chi connectivity index (χ0) is 17.8. The molecule has 2 atom stereocenters. The van der Waals surface area contributed by atoms with Crippen LogP contribution in [0.1, 0.15) is 12.0 Å². The van der Waals surface area contributed by atoms with Gasteiger partial charge in [-0.2, -0.15) is 4.31 Å². The van der Waals surface area contributed by atoms with Crippen LogP contribution < -0.4 is 4.90 Å². The Hall–Kier alpha value is -1.99. The number of benzene rings is 2. The minimum absolute atomic E-state index is 0.0924. The maximum atomic E-state index is 14.0. The van der Waals surface area contributed by atoms with Crippen LogP contribution in [0.4, 0.5) is 14.5 Å². The predicted octanol–water partition coefficient (Wildman–Crippen LogP) is 2.93. The summed E-state index contributed by atoms with van der Waals surface area (Å²) in [6, 6.07) is 10.0. The van der Waals surface area contributed by atoms with Crippen LogP contribution in [-0.2, 0) is 10.0 Å². The van der Waals surface area contributed by atoms with Crippen molar-refractivity contribution in [3.05, 3.63) is 59.7 Å². The highest BCUT2D eigenvalue weighted by molar-refractivity contribution is 7.89. The maximum Gasteiger partial charge on any atom is 0.243 e. The van der Waals surface area contributed by atoms with Crippen molar-refractivity contribution in [3.8, 4) is 0 Å². The molecule has 2 fully saturated rings. The number of hydrogen-bond donors (Lipinski definition) is 0. The van der Waals surface area contributed by atoms with Gasteiger partial charge in [0.1, 0.15) is 11.6 Å². The number of hydrogen-bond acceptors (Lipinski definition) is 3. The van der Waals surface area contributed by atoms with Crippen molar-refractivity contribution in [1.82, 2.24) is 4.31 Å². The second-order valence-corrected chi connectivity index (χ2v) is 8.57. The Morgan fingerprint density at radius 2 is 1.72 bits per heavy atom. The van der Waals surface area contributed by atoms with E-state index < -0.39 is 21.7 Å². The third-order valence-corrected chi connectivity index (χ3v) is 6.97. The number of aryl methyl sites for hydroxylation is 1. The van der Waals surface area contributed by atoms with E-state index in [9.17, 15) is 17.2 Å². The molecule has 0 saturated carbocycles. The molecule has 2 bridgehead atoms. The fraction of sp³-hybridized carbons (Fsp3) is 0.333. The van der Waals surface area contributed by atoms with Crippen LogP contribution in [0.25, 0.3) is 0 Å². The monoisotopic (exact) mass is 364 g/mol. The lowest BCUT2D eigenvalue weighted by Crippen LogP contribution is -2.49. The average Bonchev–Trinajstić information content (AvgIpc) is 3.16. The lowest BCUT2D eigenvalue weighted by molar-refractivity contribution is 0.367. The van der Waals surface area contributed by atoms with Crippen LogP contribution in [-0.4, -0.2) is 37.9 Å². The number of piperazine rings is 1. The number of nitrogens with zero attached hydrogens (tertiary/aromatic N) is 2. The topological polar surface area (TPSA) is 40.6 Å². The van der Waals surface area contributed by atoms with Crippen LogP contribution in [0.5, 0.6) is 0 Å². The SMILES string of the molecule is Cc1ccc(S(=O)(=O)N2C[C@@H]3C[C@H]2CN3c2ccc(F)cc2F)cc1. The Balaban J connectivity index is 1.58. The molecule has 0 aromatic heterocycles. The van der Waals surface area contributed by atoms with Crippen molar-refractivity contribution in [2.24, 2.45) is 0 Å². The Morgan fingerprint density at radius 3 is 2.32 bits per heavy atom. The number of sulfonamides is 1. The quantitative estimate of drug-likeness (QED) is 0.841. The van der Waals surface area contributed by atoms with Crippen LogP contribution >= 0.6 is 0 Å². The van der Waals surface area contributed by atoms with E-state index in [2.05, 4.69) is 0 Å². The molecule has 0 aliphatic carbocycles. The van der Waals surface area contributed by atoms with E-state index in [4.69, 9.17) is 0 Å². The first kappa shape index (κ1) is 16.5. The lowest BCUT2D eigenvalue weighted by Gasteiger charge is -2.35. The molecule has 0 amide bonds. The van der Waals surface area contributed by atoms with Gasteiger partial charge in [-0.25, -0.2) is 17.2 Å². The van der Waals surface area contributed by atoms with Gasteiger partial charge in [0.05, 0.1) is 10.6 Å². The average molecular weight is 364 g/mol. The van der Waals surface area contributed by atoms with Crippen LogP contribution in [0.15, 0.2) is 47.4 Å². The Kier molecular flexibility index (Phi) is 3.81. The molecule has 0 radical (unpaired) electrons. The van der Waals surface area contributed by atoms with E-state index in [-0.39, 0.29) is 17.0 Å². The predicted molar refractivity (Wildman–Crippen MR) is 91.0 cm³/mol. The minimum Gasteiger partial charge on any atom is -0.363 e. The maximum absolute atomic E-state index is 14.0. The Bertz CT molecular complexity index is 915. The van der Waals surface area contributed by atoms with Gasteiger partial charge in [-0.15, -0.1) is 0 Å². The van der Waals surface area contributed by atoms with E-state index in [0.29, 0.717) is 25.2 Å². The molecule has 2 saturated heterocycles. The summed E-state index contributed by atoms with van der Waals surface area (Å²) in [5, 5.41) is 0. The van der Waals surface area contributed by atoms with Gasteiger partial charge in [0, 0.05) is 31.2 Å². The highest BCUT2D eigenvalue weighted by atomic mass is 32.2. The number of fused-ring (bicyclic) bond motifs is 2. The van der Waals surface area contributed by atoms with E-state index in [1.807, 2.05) is 11.8 Å². The molecule has 0 N–H and O–H groups in total. The molecule has 4 rings (SSSR count). The highest BCUT2D eigenvalue weighted by Crippen LogP contribution is 2.38. The summed E-state index contributed by atoms with van der Waals surface area (Å²) in [4.78, 5) is 2.13. The van der Waals surface area contributed by atoms with Crippen molar-refractivity contribution >= 4 is 15.7 Å². The lowest BCUT2D eigenvalue weighted by atomic mass is 10.2. The van der Waals surface area contributed by atoms with Gasteiger partial charge in [0.25, 0.3) is 0 Å². The summed E-state index contributed by atoms with van der Waals surface area (Å²) in [5.41, 5.74) is 1.33. The third kappa shape index (κ3) is 2.71. The molecule has 4 nitrogen and oxygen atoms in total. The van der Waals surface area contributed by atoms with Gasteiger partial charge in [-0.1, -0.05) is 17.7 Å². The first-order valence-corrected chi connectivity index (χ1v) is 9.60. The summed E-state index contributed by atoms with van der Waals surface area (Å²) in [6.07, 6.45) is 0.655. The van der Waals surface area contributed by atoms with Gasteiger partial charge in [-0.3, -0.25) is 0 Å². The van der Waals surface area contributed by atoms with Crippen LogP contribution in [0.2, 0.25) is 0 Å². The smallest absolute Gasteiger partial charge is 0.243 e. The van der Waals surface area contributed by atoms with Crippen molar-refractivity contribution < 1.29 is 17.2 Å². The van der Waals surface area contributed by atoms with Crippen molar-refractivity contribution in [3.63, 3.8) is 0 Å². The molecule has 25 heavy (non-hydrogen) atoms. The largest absolute Gasteiger partial charge is 0.363 e. The van der Waals surface area contributed by atoms with Gasteiger partial charge in [0.2, 0.25) is 10.0 Å². The normalized spacial score (nSPS) is 23.4. The summed E-state index contributed by atoms with van der Waals surface area (Å²) < 4.78 is 54.4. The molecule has 2 aromatic carbocycles. The Labute approximate surface area is 145 Å². The van der Waals surface area contributed by atoms with Gasteiger partial charge in [0.15, 0.2) is 0 Å². The second kappa shape index (κ2) is 5.78. The fourth-order valence-electron chi connectivity index (χ4n) is 3.78. The number of anilines is 1. The van der Waals surface area contributed by atoms with Gasteiger partial charge >= 0.3 is 0 Å². The second-order valence-electron chi connectivity index (χ2n) is 6.68. The summed E-state index contributed by atoms with van der Waals surface area (Å²) in [5.74, 6) is -1.23. The van der Waals surface area contributed by atoms with E-state index in [1.165, 1.54) is 16.4 Å². The molecular weight excluding hydrogens is 346 g/mol. The van der Waals surface area contributed by atoms with Crippen molar-refractivity contribution in [1.29, 1.82) is 0 Å². The zero-order valence-corrected chi connectivity index (χ0v) is 14.5. The fourth-order valence-corrected chi connectivity index (χ4v) is 5.44. The summed E-state index contributed by atoms with van der Waals surface area (Å²) >= 11 is 0. The molecule has 2 aliphatic heterocycles. The zero-order valence-electron chi connectivity index (χ0n) is 13.7. The standard InChI is InChI=1S/C18H18F2N2O2S/c1-12-2-5-16(6-3-12)25(23,24)22-11-14-9-15(22)10-21(14)18-7-4-13(19)8-17(18)20/h2-8,14-15H,9-11H2,1H3/t14-,15-/m0/s1. The van der Waals surface area contributed by atoms with Gasteiger partial charge in [-0.05, 0) is 37.6 Å². The molecule has 132 valence electrons. The minimum atomic E-state index is -3.56. The van der Waals surface area contributed by atoms with E-state index in [1.54, 1.807) is 24.3 Å². The molecule has 0 spiro atoms. The first-order chi connectivity index (χ1) is 11.9. The number of halogens is 2. The molecule has 0 unspecified atom stereocenters. The van der Waals surface area contributed by atoms with Crippen LogP contribution in [0.3, 0.4) is 0 Å². The first-order valence-electron chi connectivity index (χ1n) is 8.16. The van der Waals surface area contributed by atoms with Crippen molar-refractivity contribution in [2.45, 2.75) is 30.3 Å². The molecule has 2 aromatic rings. The molecular formula is C18H18F2N2O2S. The molecule has 2 heterocycles. The summed E-state index contributed by atoms with van der Waals surface area (Å²) in [7, 11) is -3.56. The van der Waals surface area contributed by atoms with E-state index in [0.717, 1.165) is 11.6 Å². The summed E-state index contributed by atoms with van der Waals surface area (Å²) in [6.45, 7) is 2.64. The van der Waals surface area contributed by atoms with Crippen molar-refractivity contribution in [2.75, 3.05) is 18.0 Å². The van der Waals surface area contributed by atoms with Crippen LogP contribution in [0, 0.1) is 18.6 Å².